The van der Waals surface area contributed by atoms with E-state index in [0.717, 1.165) is 0 Å². The lowest BCUT2D eigenvalue weighted by Gasteiger charge is -2.16. The second kappa shape index (κ2) is 5.27. The number of carbonyl (C=O) groups is 2. The molecule has 100 valence electrons. The first-order valence-electron chi connectivity index (χ1n) is 5.08. The van der Waals surface area contributed by atoms with E-state index in [1.165, 1.54) is 0 Å². The fourth-order valence-corrected chi connectivity index (χ4v) is 1.55. The highest BCUT2D eigenvalue weighted by atomic mass is 19.4. The Balaban J connectivity index is 2.56. The van der Waals surface area contributed by atoms with Crippen LogP contribution in [0, 0.1) is 18.3 Å². The van der Waals surface area contributed by atoms with Crippen LogP contribution in [0.25, 0.3) is 0 Å². The average Bonchev–Trinajstić information content (AvgIpc) is 2.60. The van der Waals surface area contributed by atoms with Gasteiger partial charge in [0, 0.05) is 5.92 Å². The molecule has 2 N–H and O–H groups in total. The van der Waals surface area contributed by atoms with Crippen molar-refractivity contribution in [3.8, 4) is 12.3 Å². The van der Waals surface area contributed by atoms with Crippen molar-refractivity contribution < 1.29 is 27.6 Å². The Kier molecular flexibility index (Phi) is 4.19. The molecule has 0 bridgehead atoms. The van der Waals surface area contributed by atoms with Crippen LogP contribution in [-0.2, 0) is 14.4 Å². The highest BCUT2D eigenvalue weighted by Crippen LogP contribution is 2.25. The van der Waals surface area contributed by atoms with E-state index in [0.29, 0.717) is 5.06 Å². The number of hydroxylamine groups is 2. The molecule has 2 atom stereocenters. The summed E-state index contributed by atoms with van der Waals surface area (Å²) >= 11 is 0. The minimum atomic E-state index is -5.13. The van der Waals surface area contributed by atoms with Crippen LogP contribution >= 0.6 is 0 Å². The molecule has 0 saturated carbocycles. The van der Waals surface area contributed by atoms with E-state index in [9.17, 15) is 22.8 Å². The monoisotopic (exact) mass is 264 g/mol. The van der Waals surface area contributed by atoms with Gasteiger partial charge >= 0.3 is 12.1 Å². The van der Waals surface area contributed by atoms with E-state index < -0.39 is 30.0 Å². The van der Waals surface area contributed by atoms with Gasteiger partial charge < -0.3 is 10.6 Å². The first-order chi connectivity index (χ1) is 8.25. The largest absolute Gasteiger partial charge is 0.493 e. The zero-order valence-corrected chi connectivity index (χ0v) is 9.24. The molecule has 0 spiro atoms. The molecule has 18 heavy (non-hydrogen) atoms. The second-order valence-corrected chi connectivity index (χ2v) is 3.81. The van der Waals surface area contributed by atoms with Gasteiger partial charge in [0.05, 0.1) is 12.6 Å². The first kappa shape index (κ1) is 14.3. The number of halogens is 3. The van der Waals surface area contributed by atoms with Gasteiger partial charge in [0.2, 0.25) is 0 Å². The average molecular weight is 264 g/mol. The minimum absolute atomic E-state index is 0.0946. The Morgan fingerprint density at radius 2 is 2.28 bits per heavy atom. The van der Waals surface area contributed by atoms with Crippen molar-refractivity contribution >= 4 is 11.9 Å². The summed E-state index contributed by atoms with van der Waals surface area (Å²) in [5, 5.41) is 0.406. The molecule has 1 rings (SSSR count). The van der Waals surface area contributed by atoms with Crippen molar-refractivity contribution in [3.63, 3.8) is 0 Å². The van der Waals surface area contributed by atoms with Gasteiger partial charge in [0.15, 0.2) is 0 Å². The number of nitrogens with two attached hydrogens (primary N) is 1. The van der Waals surface area contributed by atoms with Crippen molar-refractivity contribution in [3.05, 3.63) is 0 Å². The summed E-state index contributed by atoms with van der Waals surface area (Å²) < 4.78 is 35.8. The van der Waals surface area contributed by atoms with Crippen LogP contribution in [0.4, 0.5) is 13.2 Å². The van der Waals surface area contributed by atoms with Crippen LogP contribution in [0.2, 0.25) is 0 Å². The number of nitrogens with zero attached hydrogens (tertiary/aromatic N) is 1. The molecular weight excluding hydrogens is 253 g/mol. The number of amides is 1. The van der Waals surface area contributed by atoms with E-state index in [4.69, 9.17) is 12.2 Å². The summed E-state index contributed by atoms with van der Waals surface area (Å²) in [4.78, 5) is 26.1. The summed E-state index contributed by atoms with van der Waals surface area (Å²) in [6.07, 6.45) is 0.300. The third-order valence-corrected chi connectivity index (χ3v) is 2.45. The number of carbonyl (C=O) groups excluding carboxylic acids is 2. The highest BCUT2D eigenvalue weighted by Gasteiger charge is 2.45. The molecule has 1 heterocycles. The van der Waals surface area contributed by atoms with E-state index in [2.05, 4.69) is 10.8 Å². The van der Waals surface area contributed by atoms with Crippen molar-refractivity contribution in [2.75, 3.05) is 6.54 Å². The first-order valence-corrected chi connectivity index (χ1v) is 5.08. The van der Waals surface area contributed by atoms with Gasteiger partial charge in [0.1, 0.15) is 0 Å². The van der Waals surface area contributed by atoms with Crippen molar-refractivity contribution in [1.29, 1.82) is 0 Å². The van der Waals surface area contributed by atoms with Crippen LogP contribution in [0.1, 0.15) is 12.8 Å². The Hall–Kier alpha value is -1.75. The quantitative estimate of drug-likeness (QED) is 0.739. The van der Waals surface area contributed by atoms with Gasteiger partial charge in [-0.05, 0) is 12.8 Å². The topological polar surface area (TPSA) is 72.6 Å². The molecule has 8 heteroatoms. The molecule has 5 nitrogen and oxygen atoms in total. The van der Waals surface area contributed by atoms with E-state index in [-0.39, 0.29) is 19.4 Å². The summed E-state index contributed by atoms with van der Waals surface area (Å²) in [6.45, 7) is -0.0946. The maximum Gasteiger partial charge on any atom is 0.493 e. The van der Waals surface area contributed by atoms with Crippen LogP contribution in [0.15, 0.2) is 0 Å². The van der Waals surface area contributed by atoms with Gasteiger partial charge in [0.25, 0.3) is 5.91 Å². The smallest absolute Gasteiger partial charge is 0.330 e. The maximum atomic E-state index is 11.9. The molecule has 1 saturated heterocycles. The molecule has 1 aliphatic heterocycles. The van der Waals surface area contributed by atoms with Crippen LogP contribution in [0.3, 0.4) is 0 Å². The van der Waals surface area contributed by atoms with Gasteiger partial charge in [-0.15, -0.1) is 6.42 Å². The van der Waals surface area contributed by atoms with Crippen LogP contribution < -0.4 is 5.73 Å². The zero-order chi connectivity index (χ0) is 13.9. The number of hydrogen-bond acceptors (Lipinski definition) is 4. The van der Waals surface area contributed by atoms with Gasteiger partial charge in [-0.25, -0.2) is 4.79 Å². The summed E-state index contributed by atoms with van der Waals surface area (Å²) in [7, 11) is 0. The molecule has 1 fully saturated rings. The van der Waals surface area contributed by atoms with Gasteiger partial charge in [-0.2, -0.15) is 18.2 Å². The Morgan fingerprint density at radius 1 is 1.67 bits per heavy atom. The molecule has 1 aliphatic rings. The van der Waals surface area contributed by atoms with Gasteiger partial charge in [-0.3, -0.25) is 4.79 Å². The van der Waals surface area contributed by atoms with Crippen molar-refractivity contribution in [2.24, 2.45) is 11.7 Å². The Morgan fingerprint density at radius 3 is 2.78 bits per heavy atom. The lowest BCUT2D eigenvalue weighted by Crippen LogP contribution is -2.37. The fourth-order valence-electron chi connectivity index (χ4n) is 1.55. The number of alkyl halides is 3. The molecule has 0 aromatic rings. The van der Waals surface area contributed by atoms with Gasteiger partial charge in [-0.1, -0.05) is 5.92 Å². The summed E-state index contributed by atoms with van der Waals surface area (Å²) in [5.41, 5.74) is 5.44. The number of rotatable bonds is 3. The number of terminal acetylenes is 1. The lowest BCUT2D eigenvalue weighted by molar-refractivity contribution is -0.234. The Bertz CT molecular complexity index is 389. The predicted octanol–water partition coefficient (Wildman–Crippen LogP) is 0.206. The molecular formula is C10H11F3N2O3. The van der Waals surface area contributed by atoms with Crippen molar-refractivity contribution in [1.82, 2.24) is 5.06 Å². The molecule has 0 radical (unpaired) electrons. The number of hydrogen-bond donors (Lipinski definition) is 1. The van der Waals surface area contributed by atoms with Crippen molar-refractivity contribution in [2.45, 2.75) is 25.1 Å². The molecule has 0 aromatic carbocycles. The van der Waals surface area contributed by atoms with E-state index >= 15 is 0 Å². The van der Waals surface area contributed by atoms with Crippen LogP contribution in [-0.4, -0.2) is 35.7 Å². The standard InChI is InChI=1S/C10H11F3N2O3/c1-2-7(14)5-6-3-4-15(8(6)16)18-9(17)10(11,12)13/h1,6-7H,3-5,14H2/t6-,7+/m0/s1. The fraction of sp³-hybridized carbons (Fsp3) is 0.600. The molecule has 0 unspecified atom stereocenters. The predicted molar refractivity (Wildman–Crippen MR) is 53.4 cm³/mol. The molecule has 0 aromatic heterocycles. The second-order valence-electron chi connectivity index (χ2n) is 3.81. The SMILES string of the molecule is C#C[C@@H](N)C[C@@H]1CCN(OC(=O)C(F)(F)F)C1=O. The summed E-state index contributed by atoms with van der Waals surface area (Å²) in [6, 6.07) is -0.655. The Labute approximate surface area is 101 Å². The highest BCUT2D eigenvalue weighted by molar-refractivity contribution is 5.83. The normalized spacial score (nSPS) is 21.6. The van der Waals surface area contributed by atoms with E-state index in [1.54, 1.807) is 0 Å². The van der Waals surface area contributed by atoms with E-state index in [1.807, 2.05) is 0 Å². The van der Waals surface area contributed by atoms with Crippen LogP contribution in [0.5, 0.6) is 0 Å². The minimum Gasteiger partial charge on any atom is -0.330 e. The zero-order valence-electron chi connectivity index (χ0n) is 9.24. The maximum absolute atomic E-state index is 11.9. The third kappa shape index (κ3) is 3.37. The molecule has 0 aliphatic carbocycles. The summed E-state index contributed by atoms with van der Waals surface area (Å²) in [5.74, 6) is -1.53. The third-order valence-electron chi connectivity index (χ3n) is 2.45. The lowest BCUT2D eigenvalue weighted by atomic mass is 9.99. The molecule has 1 amide bonds.